The summed E-state index contributed by atoms with van der Waals surface area (Å²) in [6.07, 6.45) is 6.02. The van der Waals surface area contributed by atoms with Gasteiger partial charge in [0.1, 0.15) is 0 Å². The number of aryl methyl sites for hydroxylation is 1. The maximum absolute atomic E-state index is 12.5. The number of aromatic nitrogens is 1. The van der Waals surface area contributed by atoms with E-state index in [1.165, 1.54) is 0 Å². The molecule has 1 amide bonds. The zero-order valence-corrected chi connectivity index (χ0v) is 11.4. The van der Waals surface area contributed by atoms with E-state index >= 15 is 0 Å². The van der Waals surface area contributed by atoms with Crippen molar-refractivity contribution in [2.75, 3.05) is 7.05 Å². The second-order valence-electron chi connectivity index (χ2n) is 5.28. The van der Waals surface area contributed by atoms with E-state index in [1.54, 1.807) is 0 Å². The van der Waals surface area contributed by atoms with E-state index in [4.69, 9.17) is 0 Å². The Labute approximate surface area is 113 Å². The third-order valence-corrected chi connectivity index (χ3v) is 3.90. The lowest BCUT2D eigenvalue weighted by Crippen LogP contribution is -2.28. The van der Waals surface area contributed by atoms with Crippen molar-refractivity contribution in [1.29, 1.82) is 0 Å². The minimum atomic E-state index is 0.124. The molecule has 1 fully saturated rings. The van der Waals surface area contributed by atoms with E-state index in [-0.39, 0.29) is 5.91 Å². The van der Waals surface area contributed by atoms with E-state index in [0.29, 0.717) is 6.04 Å². The largest absolute Gasteiger partial charge is 0.350 e. The Balaban J connectivity index is 2.08. The Kier molecular flexibility index (Phi) is 2.70. The van der Waals surface area contributed by atoms with Gasteiger partial charge in [-0.25, -0.2) is 0 Å². The minimum Gasteiger partial charge on any atom is -0.350 e. The number of nitrogens with zero attached hydrogens (tertiary/aromatic N) is 2. The molecule has 1 heterocycles. The molecule has 3 nitrogen and oxygen atoms in total. The summed E-state index contributed by atoms with van der Waals surface area (Å²) >= 11 is 0. The second-order valence-corrected chi connectivity index (χ2v) is 5.28. The first-order valence-electron chi connectivity index (χ1n) is 6.60. The molecule has 3 heteroatoms. The standard InChI is InChI=1S/C16H18N2O/c1-4-11-5-8-13-14(10-17(2)15(13)9-11)16(19)18(3)12-6-7-12/h4-5,8-10,12H,1,6-7H2,2-3H3. The molecule has 0 atom stereocenters. The Hall–Kier alpha value is -2.03. The van der Waals surface area contributed by atoms with Gasteiger partial charge in [-0.3, -0.25) is 4.79 Å². The summed E-state index contributed by atoms with van der Waals surface area (Å²) in [4.78, 5) is 14.4. The average molecular weight is 254 g/mol. The Morgan fingerprint density at radius 1 is 1.47 bits per heavy atom. The fourth-order valence-electron chi connectivity index (χ4n) is 2.52. The van der Waals surface area contributed by atoms with Crippen LogP contribution in [0.4, 0.5) is 0 Å². The number of carbonyl (C=O) groups is 1. The van der Waals surface area contributed by atoms with Crippen LogP contribution in [0.1, 0.15) is 28.8 Å². The van der Waals surface area contributed by atoms with Crippen molar-refractivity contribution in [3.05, 3.63) is 42.1 Å². The molecule has 1 saturated carbocycles. The van der Waals surface area contributed by atoms with Crippen LogP contribution in [0, 0.1) is 0 Å². The molecule has 0 spiro atoms. The topological polar surface area (TPSA) is 25.2 Å². The maximum atomic E-state index is 12.5. The summed E-state index contributed by atoms with van der Waals surface area (Å²) in [5.41, 5.74) is 2.94. The number of hydrogen-bond acceptors (Lipinski definition) is 1. The summed E-state index contributed by atoms with van der Waals surface area (Å²) in [5.74, 6) is 0.124. The van der Waals surface area contributed by atoms with Gasteiger partial charge in [-0.15, -0.1) is 0 Å². The van der Waals surface area contributed by atoms with Crippen LogP contribution in [0.5, 0.6) is 0 Å². The minimum absolute atomic E-state index is 0.124. The third kappa shape index (κ3) is 1.95. The highest BCUT2D eigenvalue weighted by molar-refractivity contribution is 6.07. The molecule has 1 aliphatic rings. The molecule has 1 aliphatic carbocycles. The molecule has 0 unspecified atom stereocenters. The number of carbonyl (C=O) groups excluding carboxylic acids is 1. The van der Waals surface area contributed by atoms with Crippen molar-refractivity contribution in [2.45, 2.75) is 18.9 Å². The summed E-state index contributed by atoms with van der Waals surface area (Å²) in [5, 5.41) is 1.02. The lowest BCUT2D eigenvalue weighted by Gasteiger charge is -2.15. The predicted octanol–water partition coefficient (Wildman–Crippen LogP) is 3.06. The number of amides is 1. The molecule has 0 radical (unpaired) electrons. The van der Waals surface area contributed by atoms with E-state index in [0.717, 1.165) is 34.9 Å². The SMILES string of the molecule is C=Cc1ccc2c(C(=O)N(C)C3CC3)cn(C)c2c1. The fourth-order valence-corrected chi connectivity index (χ4v) is 2.52. The fraction of sp³-hybridized carbons (Fsp3) is 0.312. The number of fused-ring (bicyclic) bond motifs is 1. The Morgan fingerprint density at radius 2 is 2.21 bits per heavy atom. The molecule has 2 aromatic rings. The van der Waals surface area contributed by atoms with Crippen LogP contribution in [0.2, 0.25) is 0 Å². The molecule has 0 N–H and O–H groups in total. The molecule has 98 valence electrons. The highest BCUT2D eigenvalue weighted by atomic mass is 16.2. The van der Waals surface area contributed by atoms with Crippen LogP contribution in [0.3, 0.4) is 0 Å². The molecule has 1 aromatic carbocycles. The lowest BCUT2D eigenvalue weighted by molar-refractivity contribution is 0.0787. The van der Waals surface area contributed by atoms with E-state index < -0.39 is 0 Å². The van der Waals surface area contributed by atoms with Crippen LogP contribution in [-0.2, 0) is 7.05 Å². The monoisotopic (exact) mass is 254 g/mol. The molecular formula is C16H18N2O. The molecule has 1 aromatic heterocycles. The van der Waals surface area contributed by atoms with Crippen LogP contribution < -0.4 is 0 Å². The van der Waals surface area contributed by atoms with Gasteiger partial charge in [0.15, 0.2) is 0 Å². The normalized spacial score (nSPS) is 14.6. The molecule has 0 bridgehead atoms. The van der Waals surface area contributed by atoms with Gasteiger partial charge in [0.2, 0.25) is 0 Å². The van der Waals surface area contributed by atoms with Crippen molar-refractivity contribution in [1.82, 2.24) is 9.47 Å². The first-order chi connectivity index (χ1) is 9.11. The van der Waals surface area contributed by atoms with Crippen LogP contribution in [-0.4, -0.2) is 28.5 Å². The van der Waals surface area contributed by atoms with Crippen molar-refractivity contribution in [3.8, 4) is 0 Å². The van der Waals surface area contributed by atoms with Crippen molar-refractivity contribution in [2.24, 2.45) is 7.05 Å². The second kappa shape index (κ2) is 4.26. The molecular weight excluding hydrogens is 236 g/mol. The summed E-state index contributed by atoms with van der Waals surface area (Å²) in [6.45, 7) is 3.78. The lowest BCUT2D eigenvalue weighted by atomic mass is 10.1. The Morgan fingerprint density at radius 3 is 2.84 bits per heavy atom. The summed E-state index contributed by atoms with van der Waals surface area (Å²) in [6, 6.07) is 6.52. The molecule has 0 aliphatic heterocycles. The van der Waals surface area contributed by atoms with Gasteiger partial charge in [0.05, 0.1) is 5.56 Å². The number of rotatable bonds is 3. The third-order valence-electron chi connectivity index (χ3n) is 3.90. The average Bonchev–Trinajstić information content (AvgIpc) is 3.22. The van der Waals surface area contributed by atoms with Crippen molar-refractivity contribution < 1.29 is 4.79 Å². The van der Waals surface area contributed by atoms with Crippen molar-refractivity contribution in [3.63, 3.8) is 0 Å². The highest BCUT2D eigenvalue weighted by Gasteiger charge is 2.31. The zero-order valence-electron chi connectivity index (χ0n) is 11.4. The predicted molar refractivity (Wildman–Crippen MR) is 78.1 cm³/mol. The van der Waals surface area contributed by atoms with E-state index in [2.05, 4.69) is 12.6 Å². The van der Waals surface area contributed by atoms with Gasteiger partial charge in [-0.05, 0) is 24.5 Å². The quantitative estimate of drug-likeness (QED) is 0.826. The summed E-state index contributed by atoms with van der Waals surface area (Å²) < 4.78 is 2.01. The number of benzene rings is 1. The first-order valence-corrected chi connectivity index (χ1v) is 6.60. The highest BCUT2D eigenvalue weighted by Crippen LogP contribution is 2.29. The van der Waals surface area contributed by atoms with Crippen LogP contribution in [0.15, 0.2) is 31.0 Å². The molecule has 19 heavy (non-hydrogen) atoms. The van der Waals surface area contributed by atoms with Gasteiger partial charge in [-0.2, -0.15) is 0 Å². The Bertz CT molecular complexity index is 665. The van der Waals surface area contributed by atoms with Gasteiger partial charge >= 0.3 is 0 Å². The molecule has 0 saturated heterocycles. The smallest absolute Gasteiger partial charge is 0.256 e. The van der Waals surface area contributed by atoms with Crippen molar-refractivity contribution >= 4 is 22.9 Å². The molecule has 3 rings (SSSR count). The van der Waals surface area contributed by atoms with Crippen LogP contribution in [0.25, 0.3) is 17.0 Å². The van der Waals surface area contributed by atoms with Crippen LogP contribution >= 0.6 is 0 Å². The zero-order chi connectivity index (χ0) is 13.6. The summed E-state index contributed by atoms with van der Waals surface area (Å²) in [7, 11) is 3.88. The van der Waals surface area contributed by atoms with Gasteiger partial charge in [-0.1, -0.05) is 24.8 Å². The van der Waals surface area contributed by atoms with Gasteiger partial charge in [0, 0.05) is 37.2 Å². The van der Waals surface area contributed by atoms with Gasteiger partial charge in [0.25, 0.3) is 5.91 Å². The maximum Gasteiger partial charge on any atom is 0.256 e. The van der Waals surface area contributed by atoms with Gasteiger partial charge < -0.3 is 9.47 Å². The number of hydrogen-bond donors (Lipinski definition) is 0. The van der Waals surface area contributed by atoms with E-state index in [1.807, 2.05) is 48.0 Å². The first kappa shape index (κ1) is 12.0. The van der Waals surface area contributed by atoms with E-state index in [9.17, 15) is 4.79 Å².